The molecule has 1 N–H and O–H groups in total. The molecule has 148 valence electrons. The molecule has 4 aliphatic rings. The lowest BCUT2D eigenvalue weighted by atomic mass is 9.58. The Morgan fingerprint density at radius 1 is 1.19 bits per heavy atom. The van der Waals surface area contributed by atoms with Gasteiger partial charge in [0, 0.05) is 31.3 Å². The number of aliphatic hydroxyl groups is 1. The van der Waals surface area contributed by atoms with Crippen molar-refractivity contribution in [1.82, 2.24) is 4.90 Å². The fourth-order valence-corrected chi connectivity index (χ4v) is 5.26. The van der Waals surface area contributed by atoms with E-state index >= 15 is 0 Å². The van der Waals surface area contributed by atoms with Crippen LogP contribution in [0.15, 0.2) is 0 Å². The smallest absolute Gasteiger partial charge is 0.410 e. The zero-order valence-electron chi connectivity index (χ0n) is 16.3. The van der Waals surface area contributed by atoms with Crippen LogP contribution in [0.25, 0.3) is 0 Å². The minimum absolute atomic E-state index is 0.253. The second-order valence-corrected chi connectivity index (χ2v) is 9.71. The molecule has 0 aromatic carbocycles. The summed E-state index contributed by atoms with van der Waals surface area (Å²) >= 11 is 0. The second kappa shape index (κ2) is 6.35. The van der Waals surface area contributed by atoms with Gasteiger partial charge < -0.3 is 24.2 Å². The van der Waals surface area contributed by atoms with E-state index in [9.17, 15) is 9.90 Å². The first kappa shape index (κ1) is 18.5. The van der Waals surface area contributed by atoms with Crippen LogP contribution < -0.4 is 0 Å². The van der Waals surface area contributed by atoms with Crippen LogP contribution in [0.5, 0.6) is 0 Å². The summed E-state index contributed by atoms with van der Waals surface area (Å²) < 4.78 is 17.5. The largest absolute Gasteiger partial charge is 0.444 e. The average molecular weight is 367 g/mol. The minimum Gasteiger partial charge on any atom is -0.444 e. The summed E-state index contributed by atoms with van der Waals surface area (Å²) in [4.78, 5) is 14.5. The lowest BCUT2D eigenvalue weighted by Crippen LogP contribution is -2.61. The first-order valence-electron chi connectivity index (χ1n) is 10.2. The number of carbonyl (C=O) groups is 1. The van der Waals surface area contributed by atoms with Gasteiger partial charge >= 0.3 is 6.09 Å². The molecule has 4 fully saturated rings. The highest BCUT2D eigenvalue weighted by atomic mass is 16.7. The molecule has 3 atom stereocenters. The molecule has 2 aliphatic heterocycles. The SMILES string of the molecule is CC(C)(C)OC(=O)N1CC[C@H]2CC3(CC[C@]2(C(O)C2CC2)C1)OCCO3. The number of hydrogen-bond donors (Lipinski definition) is 1. The summed E-state index contributed by atoms with van der Waals surface area (Å²) in [6, 6.07) is 0. The van der Waals surface area contributed by atoms with Gasteiger partial charge in [-0.15, -0.1) is 0 Å². The van der Waals surface area contributed by atoms with E-state index in [1.54, 1.807) is 0 Å². The summed E-state index contributed by atoms with van der Waals surface area (Å²) in [7, 11) is 0. The minimum atomic E-state index is -0.502. The number of likely N-dealkylation sites (tertiary alicyclic amines) is 1. The molecule has 0 aromatic heterocycles. The maximum Gasteiger partial charge on any atom is 0.410 e. The van der Waals surface area contributed by atoms with Crippen molar-refractivity contribution in [3.8, 4) is 0 Å². The van der Waals surface area contributed by atoms with E-state index in [4.69, 9.17) is 14.2 Å². The third-order valence-corrected chi connectivity index (χ3v) is 6.70. The van der Waals surface area contributed by atoms with Gasteiger partial charge in [-0.3, -0.25) is 0 Å². The predicted octanol–water partition coefficient (Wildman–Crippen LogP) is 2.93. The molecular weight excluding hydrogens is 334 g/mol. The Morgan fingerprint density at radius 3 is 2.50 bits per heavy atom. The van der Waals surface area contributed by atoms with Crippen LogP contribution in [0.4, 0.5) is 4.79 Å². The van der Waals surface area contributed by atoms with E-state index in [0.717, 1.165) is 38.5 Å². The van der Waals surface area contributed by atoms with Crippen LogP contribution in [-0.2, 0) is 14.2 Å². The molecule has 2 heterocycles. The van der Waals surface area contributed by atoms with Crippen LogP contribution >= 0.6 is 0 Å². The highest BCUT2D eigenvalue weighted by Gasteiger charge is 2.59. The Kier molecular flexibility index (Phi) is 4.52. The molecule has 0 radical (unpaired) electrons. The maximum absolute atomic E-state index is 12.7. The molecule has 1 spiro atoms. The van der Waals surface area contributed by atoms with Crippen molar-refractivity contribution in [2.75, 3.05) is 26.3 Å². The molecule has 1 unspecified atom stereocenters. The third-order valence-electron chi connectivity index (χ3n) is 6.70. The highest BCUT2D eigenvalue weighted by molar-refractivity contribution is 5.68. The quantitative estimate of drug-likeness (QED) is 0.813. The number of amides is 1. The fraction of sp³-hybridized carbons (Fsp3) is 0.950. The molecule has 2 saturated heterocycles. The van der Waals surface area contributed by atoms with Gasteiger partial charge in [-0.05, 0) is 58.3 Å². The van der Waals surface area contributed by atoms with Crippen LogP contribution in [0, 0.1) is 17.3 Å². The topological polar surface area (TPSA) is 68.2 Å². The molecule has 4 rings (SSSR count). The number of rotatable bonds is 2. The molecule has 1 amide bonds. The van der Waals surface area contributed by atoms with Gasteiger partial charge in [-0.25, -0.2) is 4.79 Å². The summed E-state index contributed by atoms with van der Waals surface area (Å²) in [5.74, 6) is 0.255. The van der Waals surface area contributed by atoms with E-state index in [1.165, 1.54) is 0 Å². The average Bonchev–Trinajstić information content (AvgIpc) is 3.33. The second-order valence-electron chi connectivity index (χ2n) is 9.71. The van der Waals surface area contributed by atoms with Gasteiger partial charge in [0.15, 0.2) is 5.79 Å². The molecule has 0 aromatic rings. The Balaban J connectivity index is 1.54. The predicted molar refractivity (Wildman–Crippen MR) is 95.6 cm³/mol. The molecule has 6 heteroatoms. The van der Waals surface area contributed by atoms with Crippen LogP contribution in [0.2, 0.25) is 0 Å². The van der Waals surface area contributed by atoms with Crippen molar-refractivity contribution in [3.63, 3.8) is 0 Å². The highest BCUT2D eigenvalue weighted by Crippen LogP contribution is 2.57. The number of fused-ring (bicyclic) bond motifs is 1. The molecule has 2 saturated carbocycles. The zero-order valence-corrected chi connectivity index (χ0v) is 16.3. The van der Waals surface area contributed by atoms with Crippen molar-refractivity contribution < 1.29 is 24.1 Å². The van der Waals surface area contributed by atoms with Crippen molar-refractivity contribution in [2.24, 2.45) is 17.3 Å². The first-order chi connectivity index (χ1) is 12.2. The van der Waals surface area contributed by atoms with Gasteiger partial charge in [-0.1, -0.05) is 0 Å². The van der Waals surface area contributed by atoms with E-state index in [-0.39, 0.29) is 17.6 Å². The van der Waals surface area contributed by atoms with E-state index in [0.29, 0.717) is 38.1 Å². The number of hydrogen-bond acceptors (Lipinski definition) is 5. The third kappa shape index (κ3) is 3.36. The lowest BCUT2D eigenvalue weighted by molar-refractivity contribution is -0.230. The van der Waals surface area contributed by atoms with Crippen molar-refractivity contribution in [2.45, 2.75) is 76.8 Å². The van der Waals surface area contributed by atoms with Crippen molar-refractivity contribution in [3.05, 3.63) is 0 Å². The van der Waals surface area contributed by atoms with Gasteiger partial charge in [0.1, 0.15) is 5.60 Å². The Morgan fingerprint density at radius 2 is 1.88 bits per heavy atom. The summed E-state index contributed by atoms with van der Waals surface area (Å²) in [6.07, 6.45) is 4.93. The molecule has 6 nitrogen and oxygen atoms in total. The summed E-state index contributed by atoms with van der Waals surface area (Å²) in [5, 5.41) is 11.2. The molecular formula is C20H33NO5. The fourth-order valence-electron chi connectivity index (χ4n) is 5.26. The van der Waals surface area contributed by atoms with Gasteiger partial charge in [0.05, 0.1) is 19.3 Å². The Bertz CT molecular complexity index is 549. The summed E-state index contributed by atoms with van der Waals surface area (Å²) in [6.45, 7) is 8.27. The Hall–Kier alpha value is -0.850. The normalized spacial score (nSPS) is 35.2. The number of nitrogens with zero attached hydrogens (tertiary/aromatic N) is 1. The van der Waals surface area contributed by atoms with E-state index < -0.39 is 11.4 Å². The standard InChI is InChI=1S/C20H33NO5/c1-18(2,3)26-17(23)21-9-6-15-12-20(24-10-11-25-20)8-7-19(15,13-21)16(22)14-4-5-14/h14-16,22H,4-13H2,1-3H3/t15-,16?,19-/m0/s1. The van der Waals surface area contributed by atoms with Crippen molar-refractivity contribution >= 4 is 6.09 Å². The molecule has 26 heavy (non-hydrogen) atoms. The Labute approximate surface area is 156 Å². The van der Waals surface area contributed by atoms with E-state index in [2.05, 4.69) is 0 Å². The number of aliphatic hydroxyl groups excluding tert-OH is 1. The van der Waals surface area contributed by atoms with E-state index in [1.807, 2.05) is 25.7 Å². The van der Waals surface area contributed by atoms with Gasteiger partial charge in [0.25, 0.3) is 0 Å². The maximum atomic E-state index is 12.7. The lowest BCUT2D eigenvalue weighted by Gasteiger charge is -2.56. The van der Waals surface area contributed by atoms with Gasteiger partial charge in [0.2, 0.25) is 0 Å². The molecule has 2 aliphatic carbocycles. The molecule has 0 bridgehead atoms. The number of carbonyl (C=O) groups excluding carboxylic acids is 1. The van der Waals surface area contributed by atoms with Gasteiger partial charge in [-0.2, -0.15) is 0 Å². The first-order valence-corrected chi connectivity index (χ1v) is 10.2. The summed E-state index contributed by atoms with van der Waals surface area (Å²) in [5.41, 5.74) is -0.755. The van der Waals surface area contributed by atoms with Crippen LogP contribution in [0.1, 0.15) is 59.3 Å². The van der Waals surface area contributed by atoms with Crippen LogP contribution in [0.3, 0.4) is 0 Å². The van der Waals surface area contributed by atoms with Crippen LogP contribution in [-0.4, -0.2) is 59.9 Å². The zero-order chi connectivity index (χ0) is 18.6. The number of ether oxygens (including phenoxy) is 3. The number of piperidine rings is 1. The monoisotopic (exact) mass is 367 g/mol. The van der Waals surface area contributed by atoms with Crippen molar-refractivity contribution in [1.29, 1.82) is 0 Å².